The Morgan fingerprint density at radius 2 is 2.09 bits per heavy atom. The molecule has 0 saturated carbocycles. The van der Waals surface area contributed by atoms with E-state index in [9.17, 15) is 4.79 Å². The van der Waals surface area contributed by atoms with E-state index in [1.807, 2.05) is 24.4 Å². The van der Waals surface area contributed by atoms with Crippen molar-refractivity contribution in [2.45, 2.75) is 13.0 Å². The van der Waals surface area contributed by atoms with E-state index in [2.05, 4.69) is 33.8 Å². The molecule has 1 aliphatic rings. The zero-order valence-electron chi connectivity index (χ0n) is 11.8. The summed E-state index contributed by atoms with van der Waals surface area (Å²) >= 11 is 0. The van der Waals surface area contributed by atoms with Crippen molar-refractivity contribution in [3.63, 3.8) is 0 Å². The molecule has 4 nitrogen and oxygen atoms in total. The number of aryl methyl sites for hydroxylation is 1. The number of carbonyl (C=O) groups excluding carboxylic acids is 1. The number of aromatic nitrogens is 3. The Bertz CT molecular complexity index is 1050. The lowest BCUT2D eigenvalue weighted by molar-refractivity contribution is 0.0973. The third kappa shape index (κ3) is 1.46. The summed E-state index contributed by atoms with van der Waals surface area (Å²) in [7, 11) is 0. The molecule has 0 saturated heterocycles. The van der Waals surface area contributed by atoms with Crippen molar-refractivity contribution in [1.29, 1.82) is 0 Å². The van der Waals surface area contributed by atoms with Gasteiger partial charge in [-0.1, -0.05) is 6.07 Å². The van der Waals surface area contributed by atoms with Gasteiger partial charge in [-0.15, -0.1) is 0 Å². The molecule has 0 fully saturated rings. The van der Waals surface area contributed by atoms with E-state index in [0.717, 1.165) is 33.5 Å². The minimum atomic E-state index is 0.214. The number of benzene rings is 2. The van der Waals surface area contributed by atoms with Gasteiger partial charge in [-0.3, -0.25) is 4.79 Å². The molecule has 5 rings (SSSR count). The van der Waals surface area contributed by atoms with Crippen molar-refractivity contribution >= 4 is 27.7 Å². The van der Waals surface area contributed by atoms with Crippen LogP contribution in [0.1, 0.15) is 16.8 Å². The van der Waals surface area contributed by atoms with Crippen molar-refractivity contribution in [2.24, 2.45) is 0 Å². The second kappa shape index (κ2) is 4.07. The zero-order valence-corrected chi connectivity index (χ0v) is 11.8. The van der Waals surface area contributed by atoms with Crippen molar-refractivity contribution in [3.8, 4) is 11.4 Å². The molecular weight excluding hydrogens is 274 g/mol. The maximum Gasteiger partial charge on any atom is 0.166 e. The van der Waals surface area contributed by atoms with Crippen LogP contribution in [-0.4, -0.2) is 20.3 Å². The standard InChI is InChI=1S/C18H13N3O/c22-16-7-9-21-17-13(16)2-1-3-15(17)20-18(21)12-4-5-14-11(10-12)6-8-19-14/h1-6,8,10,19H,7,9H2. The molecule has 106 valence electrons. The van der Waals surface area contributed by atoms with Gasteiger partial charge in [-0.2, -0.15) is 0 Å². The molecule has 2 aromatic carbocycles. The number of hydrogen-bond donors (Lipinski definition) is 1. The molecule has 1 aliphatic heterocycles. The van der Waals surface area contributed by atoms with Crippen LogP contribution in [0.25, 0.3) is 33.3 Å². The molecule has 0 atom stereocenters. The molecular formula is C18H13N3O. The molecule has 4 aromatic rings. The van der Waals surface area contributed by atoms with E-state index in [4.69, 9.17) is 4.98 Å². The van der Waals surface area contributed by atoms with Crippen LogP contribution in [0.15, 0.2) is 48.7 Å². The SMILES string of the molecule is O=C1CCn2c(-c3ccc4[nH]ccc4c3)nc3cccc1c32. The Labute approximate surface area is 126 Å². The van der Waals surface area contributed by atoms with E-state index in [0.29, 0.717) is 13.0 Å². The number of imidazole rings is 1. The minimum Gasteiger partial charge on any atom is -0.361 e. The molecule has 0 radical (unpaired) electrons. The fourth-order valence-electron chi connectivity index (χ4n) is 3.39. The number of Topliss-reactive ketones (excluding diaryl/α,β-unsaturated/α-hetero) is 1. The third-order valence-corrected chi connectivity index (χ3v) is 4.44. The van der Waals surface area contributed by atoms with Crippen LogP contribution in [0, 0.1) is 0 Å². The lowest BCUT2D eigenvalue weighted by Crippen LogP contribution is -2.14. The highest BCUT2D eigenvalue weighted by Crippen LogP contribution is 2.32. The fraction of sp³-hybridized carbons (Fsp3) is 0.111. The van der Waals surface area contributed by atoms with Crippen molar-refractivity contribution in [3.05, 3.63) is 54.2 Å². The number of rotatable bonds is 1. The van der Waals surface area contributed by atoms with Crippen LogP contribution in [0.3, 0.4) is 0 Å². The van der Waals surface area contributed by atoms with E-state index >= 15 is 0 Å². The first kappa shape index (κ1) is 11.7. The van der Waals surface area contributed by atoms with Crippen LogP contribution in [-0.2, 0) is 6.54 Å². The molecule has 0 bridgehead atoms. The van der Waals surface area contributed by atoms with Gasteiger partial charge in [0, 0.05) is 41.2 Å². The number of carbonyl (C=O) groups is 1. The lowest BCUT2D eigenvalue weighted by Gasteiger charge is -2.15. The quantitative estimate of drug-likeness (QED) is 0.579. The number of ketones is 1. The minimum absolute atomic E-state index is 0.214. The van der Waals surface area contributed by atoms with Crippen molar-refractivity contribution in [2.75, 3.05) is 0 Å². The average molecular weight is 287 g/mol. The van der Waals surface area contributed by atoms with Crippen LogP contribution in [0.2, 0.25) is 0 Å². The Morgan fingerprint density at radius 1 is 1.14 bits per heavy atom. The predicted molar refractivity (Wildman–Crippen MR) is 86.0 cm³/mol. The van der Waals surface area contributed by atoms with Crippen LogP contribution >= 0.6 is 0 Å². The number of H-pyrrole nitrogens is 1. The molecule has 22 heavy (non-hydrogen) atoms. The van der Waals surface area contributed by atoms with Gasteiger partial charge in [0.1, 0.15) is 5.82 Å². The summed E-state index contributed by atoms with van der Waals surface area (Å²) in [5, 5.41) is 1.17. The largest absolute Gasteiger partial charge is 0.361 e. The first-order chi connectivity index (χ1) is 10.8. The van der Waals surface area contributed by atoms with Crippen molar-refractivity contribution < 1.29 is 4.79 Å². The first-order valence-corrected chi connectivity index (χ1v) is 7.41. The summed E-state index contributed by atoms with van der Waals surface area (Å²) in [6.45, 7) is 0.701. The number of para-hydroxylation sites is 1. The van der Waals surface area contributed by atoms with E-state index in [1.54, 1.807) is 0 Å². The second-order valence-electron chi connectivity index (χ2n) is 5.71. The summed E-state index contributed by atoms with van der Waals surface area (Å²) in [5.41, 5.74) is 4.88. The summed E-state index contributed by atoms with van der Waals surface area (Å²) in [6.07, 6.45) is 2.49. The Morgan fingerprint density at radius 3 is 3.05 bits per heavy atom. The molecule has 0 unspecified atom stereocenters. The summed E-state index contributed by atoms with van der Waals surface area (Å²) < 4.78 is 2.18. The van der Waals surface area contributed by atoms with Gasteiger partial charge in [0.25, 0.3) is 0 Å². The van der Waals surface area contributed by atoms with Crippen LogP contribution in [0.5, 0.6) is 0 Å². The van der Waals surface area contributed by atoms with Gasteiger partial charge in [-0.05, 0) is 36.4 Å². The normalized spacial score (nSPS) is 14.1. The average Bonchev–Trinajstić information content (AvgIpc) is 3.15. The van der Waals surface area contributed by atoms with E-state index in [-0.39, 0.29) is 5.78 Å². The van der Waals surface area contributed by atoms with E-state index in [1.165, 1.54) is 5.39 Å². The van der Waals surface area contributed by atoms with E-state index < -0.39 is 0 Å². The Hall–Kier alpha value is -2.88. The molecule has 4 heteroatoms. The van der Waals surface area contributed by atoms with Gasteiger partial charge in [-0.25, -0.2) is 4.98 Å². The highest BCUT2D eigenvalue weighted by Gasteiger charge is 2.23. The smallest absolute Gasteiger partial charge is 0.166 e. The third-order valence-electron chi connectivity index (χ3n) is 4.44. The Kier molecular flexibility index (Phi) is 2.17. The number of nitrogens with one attached hydrogen (secondary N) is 1. The van der Waals surface area contributed by atoms with Gasteiger partial charge in [0.2, 0.25) is 0 Å². The molecule has 2 aromatic heterocycles. The second-order valence-corrected chi connectivity index (χ2v) is 5.71. The lowest BCUT2D eigenvalue weighted by atomic mass is 10.0. The molecule has 0 aliphatic carbocycles. The zero-order chi connectivity index (χ0) is 14.7. The van der Waals surface area contributed by atoms with Gasteiger partial charge in [0.15, 0.2) is 5.78 Å². The fourth-order valence-corrected chi connectivity index (χ4v) is 3.39. The topological polar surface area (TPSA) is 50.7 Å². The van der Waals surface area contributed by atoms with Gasteiger partial charge >= 0.3 is 0 Å². The van der Waals surface area contributed by atoms with Gasteiger partial charge in [0.05, 0.1) is 11.0 Å². The number of hydrogen-bond acceptors (Lipinski definition) is 2. The Balaban J connectivity index is 1.83. The summed E-state index contributed by atoms with van der Waals surface area (Å²) in [4.78, 5) is 20.1. The molecule has 0 spiro atoms. The molecule has 0 amide bonds. The maximum absolute atomic E-state index is 12.1. The highest BCUT2D eigenvalue weighted by molar-refractivity contribution is 6.08. The predicted octanol–water partition coefficient (Wildman–Crippen LogP) is 3.77. The first-order valence-electron chi connectivity index (χ1n) is 7.41. The highest BCUT2D eigenvalue weighted by atomic mass is 16.1. The van der Waals surface area contributed by atoms with Crippen LogP contribution in [0.4, 0.5) is 0 Å². The number of nitrogens with zero attached hydrogens (tertiary/aromatic N) is 2. The number of fused-ring (bicyclic) bond motifs is 1. The molecule has 1 N–H and O–H groups in total. The summed E-state index contributed by atoms with van der Waals surface area (Å²) in [6, 6.07) is 14.2. The maximum atomic E-state index is 12.1. The summed E-state index contributed by atoms with van der Waals surface area (Å²) in [5.74, 6) is 1.16. The molecule has 3 heterocycles. The van der Waals surface area contributed by atoms with Crippen molar-refractivity contribution in [1.82, 2.24) is 14.5 Å². The monoisotopic (exact) mass is 287 g/mol. The number of aromatic amines is 1. The van der Waals surface area contributed by atoms with Gasteiger partial charge < -0.3 is 9.55 Å². The van der Waals surface area contributed by atoms with Crippen LogP contribution < -0.4 is 0 Å².